The molecule has 0 unspecified atom stereocenters. The zero-order valence-electron chi connectivity index (χ0n) is 21.0. The lowest BCUT2D eigenvalue weighted by Gasteiger charge is -2.40. The summed E-state index contributed by atoms with van der Waals surface area (Å²) in [4.78, 5) is 30.0. The molecule has 0 radical (unpaired) electrons. The largest absolute Gasteiger partial charge is 0.481 e. The number of aromatic nitrogens is 1. The first kappa shape index (κ1) is 24.2. The van der Waals surface area contributed by atoms with Gasteiger partial charge in [-0.1, -0.05) is 25.0 Å². The number of amides is 1. The quantitative estimate of drug-likeness (QED) is 0.584. The van der Waals surface area contributed by atoms with Crippen LogP contribution in [-0.2, 0) is 9.59 Å². The van der Waals surface area contributed by atoms with Gasteiger partial charge in [0, 0.05) is 44.7 Å². The zero-order chi connectivity index (χ0) is 24.6. The minimum atomic E-state index is -0.775. The first-order chi connectivity index (χ1) is 17.6. The molecule has 4 aliphatic rings. The van der Waals surface area contributed by atoms with Crippen LogP contribution in [0.3, 0.4) is 0 Å². The monoisotopic (exact) mass is 510 g/mol. The summed E-state index contributed by atoms with van der Waals surface area (Å²) in [5.41, 5.74) is 0. The fourth-order valence-corrected chi connectivity index (χ4v) is 8.54. The van der Waals surface area contributed by atoms with E-state index in [0.717, 1.165) is 64.2 Å². The summed E-state index contributed by atoms with van der Waals surface area (Å²) in [6.07, 6.45) is 7.80. The molecule has 7 nitrogen and oxygen atoms in total. The van der Waals surface area contributed by atoms with Gasteiger partial charge in [0.2, 0.25) is 5.91 Å². The summed E-state index contributed by atoms with van der Waals surface area (Å²) in [7, 11) is 0. The maximum atomic E-state index is 13.1. The highest BCUT2D eigenvalue weighted by atomic mass is 32.1. The molecule has 36 heavy (non-hydrogen) atoms. The lowest BCUT2D eigenvalue weighted by molar-refractivity contribution is -0.149. The Balaban J connectivity index is 1.02. The van der Waals surface area contributed by atoms with Crippen molar-refractivity contribution in [2.24, 2.45) is 35.5 Å². The number of fused-ring (bicyclic) bond motifs is 3. The number of piperazine rings is 1. The minimum absolute atomic E-state index is 0.00280. The zero-order valence-corrected chi connectivity index (χ0v) is 21.8. The molecule has 2 bridgehead atoms. The maximum Gasteiger partial charge on any atom is 0.307 e. The van der Waals surface area contributed by atoms with Gasteiger partial charge in [0.05, 0.1) is 16.5 Å². The van der Waals surface area contributed by atoms with Gasteiger partial charge in [-0.25, -0.2) is 0 Å². The van der Waals surface area contributed by atoms with E-state index >= 15 is 0 Å². The standard InChI is InChI=1S/C28H38N4O3S/c33-27(24-18-9-10-19(15-18)25(24)28(34)35)29-16-20-5-1-2-6-21(20)17-31-11-13-32(14-12-31)26-22-7-3-4-8-23(22)36-30-26/h3-4,7-8,18-21,24-25H,1-2,5-6,9-17H2,(H,29,33)(H,34,35)/t18-,19+,20-,21-,24-,25+/m0/s1. The molecule has 194 valence electrons. The second-order valence-electron chi connectivity index (χ2n) is 11.6. The normalized spacial score (nSPS) is 32.7. The van der Waals surface area contributed by atoms with Crippen molar-refractivity contribution in [2.75, 3.05) is 44.2 Å². The number of hydrogen-bond acceptors (Lipinski definition) is 6. The van der Waals surface area contributed by atoms with Crippen LogP contribution in [0.5, 0.6) is 0 Å². The molecule has 2 heterocycles. The van der Waals surface area contributed by atoms with Gasteiger partial charge in [-0.05, 0) is 79.4 Å². The SMILES string of the molecule is O=C(O)[C@@H]1[C@@H]2CC[C@@H](C2)[C@@H]1C(=O)NC[C@@H]1CCCC[C@H]1CN1CCN(c2nsc3ccccc23)CC1. The molecule has 2 N–H and O–H groups in total. The van der Waals surface area contributed by atoms with Crippen LogP contribution in [0, 0.1) is 35.5 Å². The molecular formula is C28H38N4O3S. The number of carboxylic acid groups (broad SMARTS) is 1. The van der Waals surface area contributed by atoms with Crippen molar-refractivity contribution in [1.82, 2.24) is 14.6 Å². The first-order valence-electron chi connectivity index (χ1n) is 13.9. The minimum Gasteiger partial charge on any atom is -0.481 e. The summed E-state index contributed by atoms with van der Waals surface area (Å²) in [6.45, 7) is 5.90. The second-order valence-corrected chi connectivity index (χ2v) is 12.4. The molecule has 3 saturated carbocycles. The fraction of sp³-hybridized carbons (Fsp3) is 0.679. The average Bonchev–Trinajstić information content (AvgIpc) is 3.63. The van der Waals surface area contributed by atoms with Crippen molar-refractivity contribution in [2.45, 2.75) is 44.9 Å². The summed E-state index contributed by atoms with van der Waals surface area (Å²) in [6, 6.07) is 8.50. The van der Waals surface area contributed by atoms with Crippen molar-refractivity contribution < 1.29 is 14.7 Å². The van der Waals surface area contributed by atoms with Gasteiger partial charge < -0.3 is 15.3 Å². The molecule has 4 fully saturated rings. The molecule has 1 aromatic carbocycles. The molecule has 6 rings (SSSR count). The Bertz CT molecular complexity index is 1100. The van der Waals surface area contributed by atoms with Crippen molar-refractivity contribution in [3.8, 4) is 0 Å². The number of carbonyl (C=O) groups is 2. The van der Waals surface area contributed by atoms with E-state index < -0.39 is 11.9 Å². The molecule has 6 atom stereocenters. The predicted molar refractivity (Wildman–Crippen MR) is 142 cm³/mol. The van der Waals surface area contributed by atoms with Crippen LogP contribution in [0.4, 0.5) is 5.82 Å². The van der Waals surface area contributed by atoms with Crippen LogP contribution in [0.2, 0.25) is 0 Å². The van der Waals surface area contributed by atoms with Crippen LogP contribution in [0.1, 0.15) is 44.9 Å². The Morgan fingerprint density at radius 2 is 1.69 bits per heavy atom. The molecule has 1 aromatic heterocycles. The topological polar surface area (TPSA) is 85.8 Å². The molecule has 1 saturated heterocycles. The van der Waals surface area contributed by atoms with Gasteiger partial charge in [-0.15, -0.1) is 0 Å². The molecule has 3 aliphatic carbocycles. The molecule has 0 spiro atoms. The van der Waals surface area contributed by atoms with E-state index in [-0.39, 0.29) is 23.7 Å². The van der Waals surface area contributed by atoms with Crippen molar-refractivity contribution >= 4 is 39.3 Å². The molecule has 2 aromatic rings. The van der Waals surface area contributed by atoms with E-state index in [4.69, 9.17) is 4.37 Å². The Morgan fingerprint density at radius 1 is 0.972 bits per heavy atom. The van der Waals surface area contributed by atoms with Crippen LogP contribution in [0.25, 0.3) is 10.1 Å². The predicted octanol–water partition coefficient (Wildman–Crippen LogP) is 4.09. The second kappa shape index (κ2) is 10.3. The van der Waals surface area contributed by atoms with Crippen LogP contribution in [0.15, 0.2) is 24.3 Å². The van der Waals surface area contributed by atoms with Crippen molar-refractivity contribution in [1.29, 1.82) is 0 Å². The van der Waals surface area contributed by atoms with Crippen LogP contribution >= 0.6 is 11.5 Å². The van der Waals surface area contributed by atoms with E-state index in [1.54, 1.807) is 11.5 Å². The lowest BCUT2D eigenvalue weighted by Crippen LogP contribution is -2.50. The van der Waals surface area contributed by atoms with E-state index in [2.05, 4.69) is 39.4 Å². The average molecular weight is 511 g/mol. The fourth-order valence-electron chi connectivity index (χ4n) is 7.74. The highest BCUT2D eigenvalue weighted by Gasteiger charge is 2.54. The van der Waals surface area contributed by atoms with Gasteiger partial charge in [0.25, 0.3) is 0 Å². The highest BCUT2D eigenvalue weighted by Crippen LogP contribution is 2.52. The molecule has 8 heteroatoms. The van der Waals surface area contributed by atoms with Gasteiger partial charge in [0.1, 0.15) is 5.82 Å². The Labute approximate surface area is 217 Å². The number of hydrogen-bond donors (Lipinski definition) is 2. The number of nitrogens with zero attached hydrogens (tertiary/aromatic N) is 3. The highest BCUT2D eigenvalue weighted by molar-refractivity contribution is 7.13. The van der Waals surface area contributed by atoms with Gasteiger partial charge in [-0.3, -0.25) is 14.5 Å². The number of rotatable bonds is 7. The van der Waals surface area contributed by atoms with Crippen molar-refractivity contribution in [3.63, 3.8) is 0 Å². The van der Waals surface area contributed by atoms with Crippen molar-refractivity contribution in [3.05, 3.63) is 24.3 Å². The number of aliphatic carboxylic acids is 1. The summed E-state index contributed by atoms with van der Waals surface area (Å²) >= 11 is 1.59. The van der Waals surface area contributed by atoms with Crippen LogP contribution in [-0.4, -0.2) is 65.5 Å². The molecular weight excluding hydrogens is 472 g/mol. The molecule has 1 aliphatic heterocycles. The number of anilines is 1. The maximum absolute atomic E-state index is 13.1. The van der Waals surface area contributed by atoms with E-state index in [9.17, 15) is 14.7 Å². The summed E-state index contributed by atoms with van der Waals surface area (Å²) < 4.78 is 6.00. The smallest absolute Gasteiger partial charge is 0.307 e. The van der Waals surface area contributed by atoms with Gasteiger partial charge in [0.15, 0.2) is 0 Å². The third-order valence-electron chi connectivity index (χ3n) is 9.63. The Morgan fingerprint density at radius 3 is 2.47 bits per heavy atom. The summed E-state index contributed by atoms with van der Waals surface area (Å²) in [5.74, 6) is 1.12. The van der Waals surface area contributed by atoms with E-state index in [1.165, 1.54) is 29.3 Å². The van der Waals surface area contributed by atoms with Gasteiger partial charge in [-0.2, -0.15) is 4.37 Å². The summed E-state index contributed by atoms with van der Waals surface area (Å²) in [5, 5.41) is 14.2. The van der Waals surface area contributed by atoms with Crippen LogP contribution < -0.4 is 10.2 Å². The van der Waals surface area contributed by atoms with E-state index in [1.807, 2.05) is 0 Å². The lowest BCUT2D eigenvalue weighted by atomic mass is 9.77. The molecule has 1 amide bonds. The Hall–Kier alpha value is -2.19. The number of carboxylic acids is 1. The number of benzene rings is 1. The van der Waals surface area contributed by atoms with Gasteiger partial charge >= 0.3 is 5.97 Å². The van der Waals surface area contributed by atoms with E-state index in [0.29, 0.717) is 18.4 Å². The number of carbonyl (C=O) groups excluding carboxylic acids is 1. The Kier molecular flexibility index (Phi) is 6.90. The first-order valence-corrected chi connectivity index (χ1v) is 14.7. The third-order valence-corrected chi connectivity index (χ3v) is 10.4. The third kappa shape index (κ3) is 4.62. The number of nitrogens with one attached hydrogen (secondary N) is 1.